The number of unbranched alkanes of at least 4 members (excludes halogenated alkanes) is 12. The number of carbonyl (C=O) groups excluding carboxylic acids is 1. The average Bonchev–Trinajstić information content (AvgIpc) is 3.15. The molecule has 1 aliphatic heterocycles. The Bertz CT molecular complexity index is 731. The molecule has 0 saturated carbocycles. The van der Waals surface area contributed by atoms with Gasteiger partial charge < -0.3 is 14.8 Å². The molecule has 1 rings (SSSR count). The first-order valence-corrected chi connectivity index (χ1v) is 14.6. The van der Waals surface area contributed by atoms with E-state index in [1.54, 1.807) is 0 Å². The van der Waals surface area contributed by atoms with Crippen LogP contribution in [0.4, 0.5) is 0 Å². The van der Waals surface area contributed by atoms with Gasteiger partial charge in [-0.2, -0.15) is 0 Å². The van der Waals surface area contributed by atoms with Gasteiger partial charge in [0.15, 0.2) is 0 Å². The largest absolute Gasteiger partial charge is 1.00 e. The Morgan fingerprint density at radius 2 is 1.54 bits per heavy atom. The van der Waals surface area contributed by atoms with Crippen LogP contribution in [0.25, 0.3) is 0 Å². The number of rotatable bonds is 22. The van der Waals surface area contributed by atoms with Crippen LogP contribution in [0.15, 0.2) is 17.6 Å². The zero-order chi connectivity index (χ0) is 25.3. The number of aliphatic hydroxyl groups is 2. The number of aliphatic hydroxyl groups excluding tert-OH is 2. The zero-order valence-electron chi connectivity index (χ0n) is 21.8. The van der Waals surface area contributed by atoms with Crippen LogP contribution in [0.3, 0.4) is 0 Å². The van der Waals surface area contributed by atoms with Crippen LogP contribution >= 0.6 is 0 Å². The Morgan fingerprint density at radius 3 is 2.03 bits per heavy atom. The van der Waals surface area contributed by atoms with Crippen LogP contribution in [-0.2, 0) is 14.9 Å². The standard InChI is InChI=1S/C25H46N2O6S.Na/c1-2-3-4-5-6-7-8-9-10-11-12-13-14-15-16-24(30)25-26-17-18-27(25,19-20-28)21-23(29)22-34(31,32)33;/h2,23,28-29H,1,3-22H2;/q;+1. The third kappa shape index (κ3) is 15.7. The predicted molar refractivity (Wildman–Crippen MR) is 135 cm³/mol. The molecule has 0 bridgehead atoms. The fraction of sp³-hybridized carbons (Fsp3) is 0.840. The molecule has 0 aromatic rings. The van der Waals surface area contributed by atoms with Crippen LogP contribution in [0.1, 0.15) is 89.9 Å². The smallest absolute Gasteiger partial charge is 0.748 e. The summed E-state index contributed by atoms with van der Waals surface area (Å²) in [6, 6.07) is 0. The van der Waals surface area contributed by atoms with E-state index < -0.39 is 22.0 Å². The molecule has 2 unspecified atom stereocenters. The van der Waals surface area contributed by atoms with Crippen molar-refractivity contribution in [2.24, 2.45) is 4.99 Å². The number of ketones is 1. The average molecular weight is 526 g/mol. The topological polar surface area (TPSA) is 127 Å². The van der Waals surface area contributed by atoms with Gasteiger partial charge in [-0.15, -0.1) is 6.58 Å². The summed E-state index contributed by atoms with van der Waals surface area (Å²) in [6.45, 7) is 4.37. The minimum absolute atomic E-state index is 0. The Labute approximate surface area is 234 Å². The van der Waals surface area contributed by atoms with Gasteiger partial charge in [0.05, 0.1) is 29.0 Å². The molecule has 1 heterocycles. The van der Waals surface area contributed by atoms with E-state index in [1.807, 2.05) is 6.08 Å². The molecule has 0 amide bonds. The van der Waals surface area contributed by atoms with Gasteiger partial charge in [-0.05, 0) is 19.3 Å². The molecule has 8 nitrogen and oxygen atoms in total. The molecule has 0 aromatic heterocycles. The summed E-state index contributed by atoms with van der Waals surface area (Å²) in [5, 5.41) is 19.6. The van der Waals surface area contributed by atoms with Crippen LogP contribution in [0.2, 0.25) is 0 Å². The Hall–Kier alpha value is -0.130. The molecule has 0 spiro atoms. The van der Waals surface area contributed by atoms with Crippen molar-refractivity contribution in [2.75, 3.05) is 38.5 Å². The number of allylic oxidation sites excluding steroid dienone is 1. The number of aliphatic imine (C=N–C) groups is 1. The second-order valence-corrected chi connectivity index (χ2v) is 11.0. The minimum atomic E-state index is -4.58. The zero-order valence-corrected chi connectivity index (χ0v) is 24.7. The molecule has 0 aromatic carbocycles. The van der Waals surface area contributed by atoms with E-state index in [4.69, 9.17) is 0 Å². The van der Waals surface area contributed by atoms with Crippen LogP contribution < -0.4 is 29.6 Å². The van der Waals surface area contributed by atoms with Gasteiger partial charge in [0, 0.05) is 6.42 Å². The number of amidine groups is 1. The molecule has 10 heteroatoms. The van der Waals surface area contributed by atoms with E-state index in [9.17, 15) is 28.0 Å². The summed E-state index contributed by atoms with van der Waals surface area (Å²) in [4.78, 5) is 17.2. The molecule has 0 fully saturated rings. The van der Waals surface area contributed by atoms with Gasteiger partial charge in [-0.1, -0.05) is 70.3 Å². The van der Waals surface area contributed by atoms with Crippen molar-refractivity contribution in [2.45, 2.75) is 96.0 Å². The Balaban J connectivity index is 0.0000116. The number of nitrogens with zero attached hydrogens (tertiary/aromatic N) is 2. The molecule has 1 aliphatic rings. The van der Waals surface area contributed by atoms with Crippen molar-refractivity contribution >= 4 is 21.7 Å². The number of hydrogen-bond donors (Lipinski definition) is 2. The molecule has 35 heavy (non-hydrogen) atoms. The number of quaternary nitrogens is 1. The van der Waals surface area contributed by atoms with E-state index in [0.29, 0.717) is 25.3 Å². The van der Waals surface area contributed by atoms with E-state index in [0.717, 1.165) is 25.7 Å². The van der Waals surface area contributed by atoms with Gasteiger partial charge in [0.1, 0.15) is 25.7 Å². The number of hydrogen-bond acceptors (Lipinski definition) is 7. The molecule has 2 N–H and O–H groups in total. The van der Waals surface area contributed by atoms with E-state index in [2.05, 4.69) is 11.6 Å². The Kier molecular flexibility index (Phi) is 19.8. The van der Waals surface area contributed by atoms with Crippen LogP contribution in [0.5, 0.6) is 0 Å². The fourth-order valence-corrected chi connectivity index (χ4v) is 5.36. The quantitative estimate of drug-likeness (QED) is 0.0690. The predicted octanol–water partition coefficient (Wildman–Crippen LogP) is 0.334. The maximum Gasteiger partial charge on any atom is 1.00 e. The normalized spacial score (nSPS) is 18.7. The van der Waals surface area contributed by atoms with E-state index in [1.165, 1.54) is 57.8 Å². The van der Waals surface area contributed by atoms with Crippen molar-refractivity contribution in [1.82, 2.24) is 0 Å². The van der Waals surface area contributed by atoms with Crippen molar-refractivity contribution in [3.05, 3.63) is 12.7 Å². The molecule has 0 radical (unpaired) electrons. The third-order valence-electron chi connectivity index (χ3n) is 6.54. The third-order valence-corrected chi connectivity index (χ3v) is 7.33. The van der Waals surface area contributed by atoms with Gasteiger partial charge in [0.25, 0.3) is 5.84 Å². The van der Waals surface area contributed by atoms with Crippen molar-refractivity contribution in [3.63, 3.8) is 0 Å². The molecule has 198 valence electrons. The summed E-state index contributed by atoms with van der Waals surface area (Å²) < 4.78 is 32.9. The maximum atomic E-state index is 12.8. The molecular formula is C25H46N2NaO6S+. The van der Waals surface area contributed by atoms with Crippen molar-refractivity contribution in [1.29, 1.82) is 0 Å². The molecule has 0 saturated heterocycles. The first kappa shape index (κ1) is 34.9. The number of carbonyl (C=O) groups is 1. The van der Waals surface area contributed by atoms with E-state index >= 15 is 0 Å². The summed E-state index contributed by atoms with van der Waals surface area (Å²) >= 11 is 0. The first-order valence-electron chi connectivity index (χ1n) is 13.0. The minimum Gasteiger partial charge on any atom is -0.748 e. The molecule has 2 atom stereocenters. The SMILES string of the molecule is C=CCCCCCCCCCCCCCCC(=O)C1=NCC[N+]1(CCO)CC(O)CS(=O)(=O)[O-].[Na+]. The first-order chi connectivity index (χ1) is 16.2. The summed E-state index contributed by atoms with van der Waals surface area (Å²) in [5.41, 5.74) is 0. The molecule has 0 aliphatic carbocycles. The molecular weight excluding hydrogens is 479 g/mol. The second kappa shape index (κ2) is 19.9. The van der Waals surface area contributed by atoms with Crippen molar-refractivity contribution < 1.29 is 62.0 Å². The maximum absolute atomic E-state index is 12.8. The summed E-state index contributed by atoms with van der Waals surface area (Å²) in [5.74, 6) is -0.729. The second-order valence-electron chi connectivity index (χ2n) is 9.58. The van der Waals surface area contributed by atoms with Crippen molar-refractivity contribution in [3.8, 4) is 0 Å². The monoisotopic (exact) mass is 525 g/mol. The van der Waals surface area contributed by atoms with Crippen LogP contribution in [-0.4, -0.2) is 83.9 Å². The van der Waals surface area contributed by atoms with E-state index in [-0.39, 0.29) is 59.5 Å². The summed E-state index contributed by atoms with van der Waals surface area (Å²) in [6.07, 6.45) is 16.4. The van der Waals surface area contributed by atoms with Gasteiger partial charge >= 0.3 is 29.6 Å². The van der Waals surface area contributed by atoms with Gasteiger partial charge in [-0.25, -0.2) is 13.4 Å². The number of Topliss-reactive ketones (excluding diaryl/α,β-unsaturated/α-hetero) is 1. The van der Waals surface area contributed by atoms with Gasteiger partial charge in [-0.3, -0.25) is 9.28 Å². The fourth-order valence-electron chi connectivity index (χ4n) is 4.78. The Morgan fingerprint density at radius 1 is 1.03 bits per heavy atom. The van der Waals surface area contributed by atoms with Crippen LogP contribution in [0, 0.1) is 0 Å². The van der Waals surface area contributed by atoms with Gasteiger partial charge in [0.2, 0.25) is 5.78 Å². The summed E-state index contributed by atoms with van der Waals surface area (Å²) in [7, 11) is -4.58.